The molecule has 4 nitrogen and oxygen atoms in total. The number of rotatable bonds is 3. The molecule has 2 aliphatic rings. The Kier molecular flexibility index (Phi) is 4.56. The van der Waals surface area contributed by atoms with Crippen LogP contribution in [0.5, 0.6) is 0 Å². The van der Waals surface area contributed by atoms with Crippen molar-refractivity contribution in [2.24, 2.45) is 17.6 Å². The van der Waals surface area contributed by atoms with Crippen molar-refractivity contribution in [3.8, 4) is 0 Å². The van der Waals surface area contributed by atoms with Gasteiger partial charge >= 0.3 is 0 Å². The first-order valence-electron chi connectivity index (χ1n) is 7.72. The van der Waals surface area contributed by atoms with Gasteiger partial charge in [-0.3, -0.25) is 10.2 Å². The van der Waals surface area contributed by atoms with E-state index in [0.29, 0.717) is 12.2 Å². The Labute approximate surface area is 118 Å². The highest BCUT2D eigenvalue weighted by Crippen LogP contribution is 2.27. The quantitative estimate of drug-likeness (QED) is 0.799. The lowest BCUT2D eigenvalue weighted by molar-refractivity contribution is 0.0858. The topological polar surface area (TPSA) is 44.5 Å². The van der Waals surface area contributed by atoms with E-state index < -0.39 is 0 Å². The van der Waals surface area contributed by atoms with E-state index in [2.05, 4.69) is 50.0 Å². The van der Waals surface area contributed by atoms with Crippen LogP contribution in [-0.4, -0.2) is 61.3 Å². The van der Waals surface area contributed by atoms with Gasteiger partial charge in [-0.25, -0.2) is 0 Å². The maximum atomic E-state index is 6.25. The van der Waals surface area contributed by atoms with Crippen LogP contribution in [0.2, 0.25) is 0 Å². The third-order valence-corrected chi connectivity index (χ3v) is 5.08. The van der Waals surface area contributed by atoms with E-state index in [0.717, 1.165) is 31.2 Å². The molecule has 0 aromatic heterocycles. The summed E-state index contributed by atoms with van der Waals surface area (Å²) in [6.45, 7) is 10.3. The van der Waals surface area contributed by atoms with Crippen LogP contribution in [-0.2, 0) is 0 Å². The predicted molar refractivity (Wildman–Crippen MR) is 81.0 cm³/mol. The van der Waals surface area contributed by atoms with Gasteiger partial charge in [-0.2, -0.15) is 0 Å². The molecule has 112 valence electrons. The summed E-state index contributed by atoms with van der Waals surface area (Å²) in [7, 11) is 4.43. The molecule has 0 aromatic rings. The molecule has 0 radical (unpaired) electrons. The molecule has 0 aliphatic carbocycles. The molecule has 5 unspecified atom stereocenters. The highest BCUT2D eigenvalue weighted by molar-refractivity contribution is 4.93. The summed E-state index contributed by atoms with van der Waals surface area (Å²) in [5, 5.41) is 3.84. The molecule has 0 saturated carbocycles. The lowest BCUT2D eigenvalue weighted by Crippen LogP contribution is -2.60. The molecule has 2 saturated heterocycles. The second kappa shape index (κ2) is 5.68. The van der Waals surface area contributed by atoms with Crippen molar-refractivity contribution in [2.75, 3.05) is 33.7 Å². The number of likely N-dealkylation sites (N-methyl/N-ethyl adjacent to an activating group) is 1. The van der Waals surface area contributed by atoms with Crippen LogP contribution in [0.4, 0.5) is 0 Å². The van der Waals surface area contributed by atoms with E-state index >= 15 is 0 Å². The van der Waals surface area contributed by atoms with Crippen LogP contribution < -0.4 is 11.1 Å². The average Bonchev–Trinajstić information content (AvgIpc) is 2.61. The lowest BCUT2D eigenvalue weighted by Gasteiger charge is -2.43. The Morgan fingerprint density at radius 2 is 2.00 bits per heavy atom. The first kappa shape index (κ1) is 15.2. The predicted octanol–water partition coefficient (Wildman–Crippen LogP) is 0.931. The van der Waals surface area contributed by atoms with Gasteiger partial charge in [0.1, 0.15) is 0 Å². The summed E-state index contributed by atoms with van der Waals surface area (Å²) < 4.78 is 0. The fraction of sp³-hybridized carbons (Fsp3) is 1.00. The Balaban J connectivity index is 1.87. The Hall–Kier alpha value is -0.160. The summed E-state index contributed by atoms with van der Waals surface area (Å²) in [5.74, 6) is 1.56. The van der Waals surface area contributed by atoms with Crippen LogP contribution in [0.3, 0.4) is 0 Å². The Morgan fingerprint density at radius 1 is 1.32 bits per heavy atom. The zero-order chi connectivity index (χ0) is 14.2. The van der Waals surface area contributed by atoms with Crippen molar-refractivity contribution in [3.05, 3.63) is 0 Å². The van der Waals surface area contributed by atoms with Crippen molar-refractivity contribution in [1.29, 1.82) is 0 Å². The van der Waals surface area contributed by atoms with Gasteiger partial charge in [0.25, 0.3) is 0 Å². The van der Waals surface area contributed by atoms with Gasteiger partial charge in [-0.05, 0) is 52.6 Å². The third-order valence-electron chi connectivity index (χ3n) is 5.08. The number of piperidine rings is 1. The van der Waals surface area contributed by atoms with Crippen molar-refractivity contribution in [3.63, 3.8) is 0 Å². The Bertz CT molecular complexity index is 305. The SMILES string of the molecule is CC1CN(C)CC1C(C)NC1CCC(C)(N)CN1C. The zero-order valence-electron chi connectivity index (χ0n) is 13.3. The summed E-state index contributed by atoms with van der Waals surface area (Å²) in [4.78, 5) is 4.85. The molecule has 19 heavy (non-hydrogen) atoms. The molecule has 0 spiro atoms. The number of hydrogen-bond acceptors (Lipinski definition) is 4. The molecule has 0 amide bonds. The van der Waals surface area contributed by atoms with Gasteiger partial charge in [0, 0.05) is 31.2 Å². The maximum absolute atomic E-state index is 6.25. The van der Waals surface area contributed by atoms with Crippen molar-refractivity contribution >= 4 is 0 Å². The third kappa shape index (κ3) is 3.69. The monoisotopic (exact) mass is 268 g/mol. The number of nitrogens with two attached hydrogens (primary N) is 1. The average molecular weight is 268 g/mol. The molecular formula is C15H32N4. The number of nitrogens with one attached hydrogen (secondary N) is 1. The largest absolute Gasteiger partial charge is 0.324 e. The zero-order valence-corrected chi connectivity index (χ0v) is 13.3. The van der Waals surface area contributed by atoms with E-state index in [4.69, 9.17) is 5.73 Å². The van der Waals surface area contributed by atoms with Crippen molar-refractivity contribution < 1.29 is 0 Å². The second-order valence-corrected chi connectivity index (χ2v) is 7.44. The molecule has 0 bridgehead atoms. The number of hydrogen-bond donors (Lipinski definition) is 2. The van der Waals surface area contributed by atoms with Gasteiger partial charge in [-0.15, -0.1) is 0 Å². The first-order chi connectivity index (χ1) is 8.78. The summed E-state index contributed by atoms with van der Waals surface area (Å²) in [6, 6.07) is 0.578. The highest BCUT2D eigenvalue weighted by Gasteiger charge is 2.35. The fourth-order valence-corrected chi connectivity index (χ4v) is 3.98. The lowest BCUT2D eigenvalue weighted by atomic mass is 9.88. The normalized spacial score (nSPS) is 43.6. The van der Waals surface area contributed by atoms with Gasteiger partial charge in [0.2, 0.25) is 0 Å². The molecule has 3 N–H and O–H groups in total. The molecule has 4 heteroatoms. The molecule has 2 rings (SSSR count). The van der Waals surface area contributed by atoms with E-state index in [1.165, 1.54) is 13.1 Å². The molecule has 2 heterocycles. The van der Waals surface area contributed by atoms with Gasteiger partial charge in [-0.1, -0.05) is 6.92 Å². The van der Waals surface area contributed by atoms with Gasteiger partial charge < -0.3 is 10.6 Å². The molecule has 5 atom stereocenters. The summed E-state index contributed by atoms with van der Waals surface area (Å²) in [6.07, 6.45) is 2.76. The highest BCUT2D eigenvalue weighted by atomic mass is 15.3. The van der Waals surface area contributed by atoms with Crippen LogP contribution in [0.25, 0.3) is 0 Å². The van der Waals surface area contributed by atoms with E-state index in [1.54, 1.807) is 0 Å². The van der Waals surface area contributed by atoms with Crippen LogP contribution in [0, 0.1) is 11.8 Å². The molecular weight excluding hydrogens is 236 g/mol. The van der Waals surface area contributed by atoms with E-state index in [9.17, 15) is 0 Å². The minimum atomic E-state index is -0.0168. The van der Waals surface area contributed by atoms with Crippen molar-refractivity contribution in [2.45, 2.75) is 51.4 Å². The van der Waals surface area contributed by atoms with Crippen LogP contribution in [0.15, 0.2) is 0 Å². The summed E-state index contributed by atoms with van der Waals surface area (Å²) >= 11 is 0. The smallest absolute Gasteiger partial charge is 0.0598 e. The molecule has 0 aromatic carbocycles. The standard InChI is InChI=1S/C15H32N4/c1-11-8-18(4)9-13(11)12(2)17-14-6-7-15(3,16)10-19(14)5/h11-14,17H,6-10,16H2,1-5H3. The van der Waals surface area contributed by atoms with Crippen LogP contribution in [0.1, 0.15) is 33.6 Å². The van der Waals surface area contributed by atoms with E-state index in [1.807, 2.05) is 0 Å². The van der Waals surface area contributed by atoms with Crippen LogP contribution >= 0.6 is 0 Å². The van der Waals surface area contributed by atoms with E-state index in [-0.39, 0.29) is 5.54 Å². The van der Waals surface area contributed by atoms with Gasteiger partial charge in [0.05, 0.1) is 6.17 Å². The number of nitrogens with zero attached hydrogens (tertiary/aromatic N) is 2. The fourth-order valence-electron chi connectivity index (χ4n) is 3.98. The minimum absolute atomic E-state index is 0.0168. The maximum Gasteiger partial charge on any atom is 0.0598 e. The van der Waals surface area contributed by atoms with Gasteiger partial charge in [0.15, 0.2) is 0 Å². The number of likely N-dealkylation sites (tertiary alicyclic amines) is 2. The minimum Gasteiger partial charge on any atom is -0.324 e. The summed E-state index contributed by atoms with van der Waals surface area (Å²) in [5.41, 5.74) is 6.23. The first-order valence-corrected chi connectivity index (χ1v) is 7.72. The van der Waals surface area contributed by atoms with Crippen molar-refractivity contribution in [1.82, 2.24) is 15.1 Å². The Morgan fingerprint density at radius 3 is 2.53 bits per heavy atom. The second-order valence-electron chi connectivity index (χ2n) is 7.44. The molecule has 2 aliphatic heterocycles. The molecule has 2 fully saturated rings.